The topological polar surface area (TPSA) is 66.8 Å². The molecule has 2 N–H and O–H groups in total. The second kappa shape index (κ2) is 5.89. The number of aliphatic hydroxyl groups is 2. The van der Waals surface area contributed by atoms with Crippen LogP contribution in [0.2, 0.25) is 0 Å². The number of hydrogen-bond acceptors (Lipinski definition) is 5. The summed E-state index contributed by atoms with van der Waals surface area (Å²) in [6.45, 7) is 5.56. The van der Waals surface area contributed by atoms with Crippen LogP contribution in [0.25, 0.3) is 0 Å². The van der Waals surface area contributed by atoms with Crippen LogP contribution in [0.1, 0.15) is 33.6 Å². The van der Waals surface area contributed by atoms with E-state index in [9.17, 15) is 15.0 Å². The molecule has 0 aromatic rings. The molecule has 0 amide bonds. The van der Waals surface area contributed by atoms with Gasteiger partial charge in [-0.3, -0.25) is 0 Å². The molecule has 0 aliphatic carbocycles. The Morgan fingerprint density at radius 1 is 1.35 bits per heavy atom. The van der Waals surface area contributed by atoms with E-state index in [4.69, 9.17) is 4.74 Å². The third-order valence-electron chi connectivity index (χ3n) is 2.81. The SMILES string of the molecule is CCSC1(C(O)CC)C=C(C(O)CC)C(=O)O1. The fourth-order valence-corrected chi connectivity index (χ4v) is 2.96. The van der Waals surface area contributed by atoms with Crippen molar-refractivity contribution in [2.75, 3.05) is 5.75 Å². The van der Waals surface area contributed by atoms with Crippen molar-refractivity contribution in [2.24, 2.45) is 0 Å². The monoisotopic (exact) mass is 260 g/mol. The van der Waals surface area contributed by atoms with Crippen molar-refractivity contribution in [3.63, 3.8) is 0 Å². The summed E-state index contributed by atoms with van der Waals surface area (Å²) in [5, 5.41) is 19.7. The highest BCUT2D eigenvalue weighted by molar-refractivity contribution is 8.00. The van der Waals surface area contributed by atoms with E-state index in [1.165, 1.54) is 11.8 Å². The van der Waals surface area contributed by atoms with Crippen molar-refractivity contribution < 1.29 is 19.7 Å². The number of carbonyl (C=O) groups is 1. The molecule has 0 spiro atoms. The van der Waals surface area contributed by atoms with Crippen molar-refractivity contribution in [3.05, 3.63) is 11.6 Å². The molecule has 0 aromatic heterocycles. The van der Waals surface area contributed by atoms with Gasteiger partial charge >= 0.3 is 5.97 Å². The normalized spacial score (nSPS) is 27.6. The van der Waals surface area contributed by atoms with Crippen LogP contribution >= 0.6 is 11.8 Å². The number of carbonyl (C=O) groups excluding carboxylic acids is 1. The maximum absolute atomic E-state index is 11.7. The van der Waals surface area contributed by atoms with Crippen LogP contribution in [0.4, 0.5) is 0 Å². The van der Waals surface area contributed by atoms with Gasteiger partial charge in [0.1, 0.15) is 6.10 Å². The van der Waals surface area contributed by atoms with E-state index < -0.39 is 23.1 Å². The highest BCUT2D eigenvalue weighted by atomic mass is 32.2. The molecule has 1 aliphatic heterocycles. The van der Waals surface area contributed by atoms with Gasteiger partial charge in [0, 0.05) is 0 Å². The summed E-state index contributed by atoms with van der Waals surface area (Å²) in [6.07, 6.45) is 0.970. The lowest BCUT2D eigenvalue weighted by atomic mass is 10.1. The van der Waals surface area contributed by atoms with Crippen molar-refractivity contribution in [1.29, 1.82) is 0 Å². The maximum Gasteiger partial charge on any atom is 0.338 e. The van der Waals surface area contributed by atoms with Crippen LogP contribution in [0.3, 0.4) is 0 Å². The number of cyclic esters (lactones) is 1. The molecule has 0 saturated heterocycles. The maximum atomic E-state index is 11.7. The standard InChI is InChI=1S/C12H20O4S/c1-4-9(13)8-7-12(17-6-3,10(14)5-2)16-11(8)15/h7,9-10,13-14H,4-6H2,1-3H3. The van der Waals surface area contributed by atoms with Gasteiger partial charge in [0.15, 0.2) is 0 Å². The number of thioether (sulfide) groups is 1. The van der Waals surface area contributed by atoms with E-state index >= 15 is 0 Å². The highest BCUT2D eigenvalue weighted by Gasteiger charge is 2.46. The quantitative estimate of drug-likeness (QED) is 0.708. The van der Waals surface area contributed by atoms with Crippen molar-refractivity contribution >= 4 is 17.7 Å². The summed E-state index contributed by atoms with van der Waals surface area (Å²) in [7, 11) is 0. The summed E-state index contributed by atoms with van der Waals surface area (Å²) in [4.78, 5) is 10.7. The first-order valence-corrected chi connectivity index (χ1v) is 6.95. The third kappa shape index (κ3) is 2.84. The van der Waals surface area contributed by atoms with E-state index in [0.29, 0.717) is 12.8 Å². The highest BCUT2D eigenvalue weighted by Crippen LogP contribution is 2.40. The Morgan fingerprint density at radius 2 is 2.00 bits per heavy atom. The summed E-state index contributed by atoms with van der Waals surface area (Å²) in [5.74, 6) is 0.198. The molecule has 98 valence electrons. The van der Waals surface area contributed by atoms with E-state index in [-0.39, 0.29) is 5.57 Å². The second-order valence-electron chi connectivity index (χ2n) is 3.99. The van der Waals surface area contributed by atoms with Gasteiger partial charge in [-0.2, -0.15) is 0 Å². The van der Waals surface area contributed by atoms with Crippen LogP contribution in [0.5, 0.6) is 0 Å². The largest absolute Gasteiger partial charge is 0.438 e. The Morgan fingerprint density at radius 3 is 2.47 bits per heavy atom. The zero-order valence-corrected chi connectivity index (χ0v) is 11.3. The first-order chi connectivity index (χ1) is 8.00. The van der Waals surface area contributed by atoms with Gasteiger partial charge in [0.05, 0.1) is 11.7 Å². The Hall–Kier alpha value is -0.520. The van der Waals surface area contributed by atoms with Crippen LogP contribution in [-0.2, 0) is 9.53 Å². The molecule has 0 bridgehead atoms. The first-order valence-electron chi connectivity index (χ1n) is 5.96. The molecular formula is C12H20O4S. The van der Waals surface area contributed by atoms with E-state index in [1.54, 1.807) is 13.0 Å². The van der Waals surface area contributed by atoms with Crippen molar-refractivity contribution in [1.82, 2.24) is 0 Å². The number of esters is 1. The van der Waals surface area contributed by atoms with Gasteiger partial charge in [-0.1, -0.05) is 20.8 Å². The van der Waals surface area contributed by atoms with E-state index in [0.717, 1.165) is 5.75 Å². The lowest BCUT2D eigenvalue weighted by molar-refractivity contribution is -0.147. The fourth-order valence-electron chi connectivity index (χ4n) is 1.80. The fraction of sp³-hybridized carbons (Fsp3) is 0.750. The Kier molecular flexibility index (Phi) is 5.04. The molecule has 0 saturated carbocycles. The lowest BCUT2D eigenvalue weighted by Gasteiger charge is -2.29. The minimum Gasteiger partial charge on any atom is -0.438 e. The van der Waals surface area contributed by atoms with Gasteiger partial charge < -0.3 is 14.9 Å². The van der Waals surface area contributed by atoms with Gasteiger partial charge in [-0.25, -0.2) is 4.79 Å². The molecule has 3 unspecified atom stereocenters. The van der Waals surface area contributed by atoms with Crippen LogP contribution in [0.15, 0.2) is 11.6 Å². The molecule has 0 aromatic carbocycles. The third-order valence-corrected chi connectivity index (χ3v) is 4.02. The molecule has 0 fully saturated rings. The molecule has 3 atom stereocenters. The number of aliphatic hydroxyl groups excluding tert-OH is 2. The minimum absolute atomic E-state index is 0.265. The predicted molar refractivity (Wildman–Crippen MR) is 67.6 cm³/mol. The molecule has 1 heterocycles. The molecular weight excluding hydrogens is 240 g/mol. The molecule has 1 aliphatic rings. The number of ether oxygens (including phenoxy) is 1. The van der Waals surface area contributed by atoms with Crippen LogP contribution < -0.4 is 0 Å². The molecule has 4 nitrogen and oxygen atoms in total. The lowest BCUT2D eigenvalue weighted by Crippen LogP contribution is -2.38. The number of hydrogen-bond donors (Lipinski definition) is 2. The Balaban J connectivity index is 3.02. The van der Waals surface area contributed by atoms with E-state index in [1.807, 2.05) is 13.8 Å². The molecule has 0 radical (unpaired) electrons. The zero-order chi connectivity index (χ0) is 13.1. The predicted octanol–water partition coefficient (Wildman–Crippen LogP) is 1.46. The molecule has 17 heavy (non-hydrogen) atoms. The van der Waals surface area contributed by atoms with Crippen molar-refractivity contribution in [2.45, 2.75) is 50.8 Å². The summed E-state index contributed by atoms with van der Waals surface area (Å²) >= 11 is 1.37. The summed E-state index contributed by atoms with van der Waals surface area (Å²) in [6, 6.07) is 0. The van der Waals surface area contributed by atoms with Crippen LogP contribution in [-0.4, -0.2) is 39.1 Å². The minimum atomic E-state index is -1.02. The van der Waals surface area contributed by atoms with Crippen molar-refractivity contribution in [3.8, 4) is 0 Å². The average molecular weight is 260 g/mol. The smallest absolute Gasteiger partial charge is 0.338 e. The Labute approximate surface area is 106 Å². The Bertz CT molecular complexity index is 316. The van der Waals surface area contributed by atoms with Gasteiger partial charge in [-0.05, 0) is 24.7 Å². The summed E-state index contributed by atoms with van der Waals surface area (Å²) < 4.78 is 5.30. The molecule has 5 heteroatoms. The zero-order valence-electron chi connectivity index (χ0n) is 10.5. The first kappa shape index (κ1) is 14.5. The second-order valence-corrected chi connectivity index (χ2v) is 5.50. The van der Waals surface area contributed by atoms with Crippen LogP contribution in [0, 0.1) is 0 Å². The van der Waals surface area contributed by atoms with Gasteiger partial charge in [0.2, 0.25) is 4.93 Å². The average Bonchev–Trinajstić information content (AvgIpc) is 2.66. The number of rotatable bonds is 6. The van der Waals surface area contributed by atoms with Gasteiger partial charge in [-0.15, -0.1) is 11.8 Å². The summed E-state index contributed by atoms with van der Waals surface area (Å²) in [5.41, 5.74) is 0.265. The van der Waals surface area contributed by atoms with E-state index in [2.05, 4.69) is 0 Å². The van der Waals surface area contributed by atoms with Gasteiger partial charge in [0.25, 0.3) is 0 Å². The molecule has 1 rings (SSSR count).